The molecule has 19 heavy (non-hydrogen) atoms. The predicted molar refractivity (Wildman–Crippen MR) is 75.3 cm³/mol. The van der Waals surface area contributed by atoms with Crippen molar-refractivity contribution in [1.29, 1.82) is 0 Å². The number of pyridine rings is 1. The third kappa shape index (κ3) is 2.25. The third-order valence-electron chi connectivity index (χ3n) is 4.15. The van der Waals surface area contributed by atoms with Gasteiger partial charge in [-0.1, -0.05) is 19.3 Å². The second-order valence-electron chi connectivity index (χ2n) is 5.31. The Hall–Kier alpha value is -1.77. The molecule has 3 nitrogen and oxygen atoms in total. The minimum Gasteiger partial charge on any atom is -0.618 e. The summed E-state index contributed by atoms with van der Waals surface area (Å²) >= 11 is 0. The number of nitrogens with zero attached hydrogens (tertiary/aromatic N) is 1. The van der Waals surface area contributed by atoms with Crippen LogP contribution in [0.4, 0.5) is 0 Å². The van der Waals surface area contributed by atoms with Crippen LogP contribution >= 0.6 is 0 Å². The van der Waals surface area contributed by atoms with Gasteiger partial charge in [0.2, 0.25) is 5.52 Å². The maximum Gasteiger partial charge on any atom is 0.224 e. The van der Waals surface area contributed by atoms with E-state index < -0.39 is 0 Å². The number of rotatable bonds is 2. The van der Waals surface area contributed by atoms with E-state index in [1.807, 2.05) is 30.3 Å². The molecule has 0 N–H and O–H groups in total. The van der Waals surface area contributed by atoms with Gasteiger partial charge in [-0.15, -0.1) is 0 Å². The lowest BCUT2D eigenvalue weighted by molar-refractivity contribution is -0.588. The second-order valence-corrected chi connectivity index (χ2v) is 5.31. The summed E-state index contributed by atoms with van der Waals surface area (Å²) in [4.78, 5) is 0. The largest absolute Gasteiger partial charge is 0.618 e. The molecular weight excluding hydrogens is 238 g/mol. The molecule has 0 spiro atoms. The second kappa shape index (κ2) is 5.08. The van der Waals surface area contributed by atoms with E-state index in [2.05, 4.69) is 0 Å². The summed E-state index contributed by atoms with van der Waals surface area (Å²) < 4.78 is 6.31. The van der Waals surface area contributed by atoms with Crippen molar-refractivity contribution >= 4 is 10.9 Å². The minimum atomic E-state index is 0.428. The van der Waals surface area contributed by atoms with Crippen molar-refractivity contribution in [3.05, 3.63) is 41.2 Å². The molecule has 1 aromatic carbocycles. The zero-order chi connectivity index (χ0) is 13.2. The predicted octanol–water partition coefficient (Wildman–Crippen LogP) is 3.53. The van der Waals surface area contributed by atoms with Crippen molar-refractivity contribution in [2.24, 2.45) is 0 Å². The highest BCUT2D eigenvalue weighted by Crippen LogP contribution is 2.31. The number of ether oxygens (including phenoxy) is 1. The van der Waals surface area contributed by atoms with Crippen LogP contribution in [0.25, 0.3) is 10.9 Å². The number of methoxy groups -OCH3 is 1. The zero-order valence-electron chi connectivity index (χ0n) is 11.3. The Labute approximate surface area is 113 Å². The maximum absolute atomic E-state index is 12.5. The number of benzene rings is 1. The summed E-state index contributed by atoms with van der Waals surface area (Å²) in [7, 11) is 1.64. The molecule has 0 atom stereocenters. The molecular formula is C16H19NO2. The van der Waals surface area contributed by atoms with Crippen LogP contribution in [-0.2, 0) is 0 Å². The van der Waals surface area contributed by atoms with Gasteiger partial charge in [0.25, 0.3) is 0 Å². The van der Waals surface area contributed by atoms with E-state index in [1.165, 1.54) is 19.3 Å². The van der Waals surface area contributed by atoms with Gasteiger partial charge in [-0.25, -0.2) is 0 Å². The molecule has 2 aromatic rings. The third-order valence-corrected chi connectivity index (χ3v) is 4.15. The van der Waals surface area contributed by atoms with Gasteiger partial charge < -0.3 is 9.94 Å². The summed E-state index contributed by atoms with van der Waals surface area (Å²) in [6, 6.07) is 9.64. The molecule has 3 heteroatoms. The lowest BCUT2D eigenvalue weighted by Crippen LogP contribution is -2.34. The van der Waals surface area contributed by atoms with Gasteiger partial charge in [-0.2, -0.15) is 4.73 Å². The Balaban J connectivity index is 2.05. The van der Waals surface area contributed by atoms with Gasteiger partial charge in [0.1, 0.15) is 5.75 Å². The van der Waals surface area contributed by atoms with Crippen LogP contribution in [0.3, 0.4) is 0 Å². The van der Waals surface area contributed by atoms with Crippen LogP contribution in [0, 0.1) is 5.21 Å². The van der Waals surface area contributed by atoms with Gasteiger partial charge in [0.15, 0.2) is 5.69 Å². The Morgan fingerprint density at radius 1 is 1.11 bits per heavy atom. The normalized spacial score (nSPS) is 16.7. The standard InChI is InChI=1S/C16H19NO2/c1-19-14-8-10-16-13(11-14)7-9-15(17(16)18)12-5-3-2-4-6-12/h7-12H,2-6H2,1H3. The smallest absolute Gasteiger partial charge is 0.224 e. The van der Waals surface area contributed by atoms with Crippen molar-refractivity contribution < 1.29 is 9.47 Å². The first-order valence-electron chi connectivity index (χ1n) is 7.00. The highest BCUT2D eigenvalue weighted by atomic mass is 16.5. The van der Waals surface area contributed by atoms with Crippen LogP contribution in [0.1, 0.15) is 43.7 Å². The van der Waals surface area contributed by atoms with E-state index in [4.69, 9.17) is 4.74 Å². The minimum absolute atomic E-state index is 0.428. The molecule has 100 valence electrons. The zero-order valence-corrected chi connectivity index (χ0v) is 11.3. The van der Waals surface area contributed by atoms with Crippen LogP contribution in [-0.4, -0.2) is 7.11 Å². The maximum atomic E-state index is 12.5. The van der Waals surface area contributed by atoms with Crippen molar-refractivity contribution in [3.63, 3.8) is 0 Å². The van der Waals surface area contributed by atoms with E-state index in [1.54, 1.807) is 7.11 Å². The molecule has 0 radical (unpaired) electrons. The Morgan fingerprint density at radius 2 is 1.89 bits per heavy atom. The number of aromatic nitrogens is 1. The number of hydrogen-bond donors (Lipinski definition) is 0. The van der Waals surface area contributed by atoms with Crippen molar-refractivity contribution in [1.82, 2.24) is 0 Å². The van der Waals surface area contributed by atoms with Crippen molar-refractivity contribution in [2.45, 2.75) is 38.0 Å². The molecule has 1 saturated carbocycles. The number of hydrogen-bond acceptors (Lipinski definition) is 2. The fourth-order valence-electron chi connectivity index (χ4n) is 3.06. The summed E-state index contributed by atoms with van der Waals surface area (Å²) in [5.74, 6) is 1.22. The van der Waals surface area contributed by atoms with Gasteiger partial charge in [0.05, 0.1) is 12.5 Å². The van der Waals surface area contributed by atoms with E-state index >= 15 is 0 Å². The lowest BCUT2D eigenvalue weighted by atomic mass is 9.86. The molecule has 0 unspecified atom stereocenters. The van der Waals surface area contributed by atoms with Crippen LogP contribution in [0.15, 0.2) is 30.3 Å². The monoisotopic (exact) mass is 257 g/mol. The van der Waals surface area contributed by atoms with Crippen LogP contribution in [0.5, 0.6) is 5.75 Å². The van der Waals surface area contributed by atoms with Gasteiger partial charge in [0, 0.05) is 18.1 Å². The molecule has 1 fully saturated rings. The Morgan fingerprint density at radius 3 is 2.63 bits per heavy atom. The molecule has 0 aliphatic heterocycles. The SMILES string of the molecule is COc1ccc2c(ccc(C3CCCCC3)[n+]2[O-])c1. The van der Waals surface area contributed by atoms with Gasteiger partial charge in [-0.3, -0.25) is 0 Å². The van der Waals surface area contributed by atoms with Crippen LogP contribution < -0.4 is 9.47 Å². The summed E-state index contributed by atoms with van der Waals surface area (Å²) in [5.41, 5.74) is 1.67. The van der Waals surface area contributed by atoms with Gasteiger partial charge in [-0.05, 0) is 31.0 Å². The molecule has 1 aliphatic carbocycles. The van der Waals surface area contributed by atoms with E-state index in [0.717, 1.165) is 39.9 Å². The molecule has 1 aliphatic rings. The molecule has 0 bridgehead atoms. The Kier molecular flexibility index (Phi) is 3.28. The Bertz CT molecular complexity index is 589. The molecule has 1 aromatic heterocycles. The molecule has 1 heterocycles. The molecule has 0 amide bonds. The average Bonchev–Trinajstić information content (AvgIpc) is 2.48. The van der Waals surface area contributed by atoms with E-state index in [0.29, 0.717) is 5.92 Å². The lowest BCUT2D eigenvalue weighted by Gasteiger charge is -2.21. The fraction of sp³-hybridized carbons (Fsp3) is 0.438. The first-order chi connectivity index (χ1) is 9.29. The fourth-order valence-corrected chi connectivity index (χ4v) is 3.06. The molecule has 3 rings (SSSR count). The highest BCUT2D eigenvalue weighted by Gasteiger charge is 2.23. The number of fused-ring (bicyclic) bond motifs is 1. The van der Waals surface area contributed by atoms with Crippen molar-refractivity contribution in [2.75, 3.05) is 7.11 Å². The molecule has 0 saturated heterocycles. The van der Waals surface area contributed by atoms with Crippen molar-refractivity contribution in [3.8, 4) is 5.75 Å². The summed E-state index contributed by atoms with van der Waals surface area (Å²) in [6.07, 6.45) is 6.07. The summed E-state index contributed by atoms with van der Waals surface area (Å²) in [5, 5.41) is 13.4. The summed E-state index contributed by atoms with van der Waals surface area (Å²) in [6.45, 7) is 0. The average molecular weight is 257 g/mol. The van der Waals surface area contributed by atoms with Gasteiger partial charge >= 0.3 is 0 Å². The first kappa shape index (κ1) is 12.3. The first-order valence-corrected chi connectivity index (χ1v) is 7.00. The van der Waals surface area contributed by atoms with Crippen LogP contribution in [0.2, 0.25) is 0 Å². The van der Waals surface area contributed by atoms with E-state index in [-0.39, 0.29) is 0 Å². The topological polar surface area (TPSA) is 36.2 Å². The highest BCUT2D eigenvalue weighted by molar-refractivity contribution is 5.77. The quantitative estimate of drug-likeness (QED) is 0.609. The van der Waals surface area contributed by atoms with E-state index in [9.17, 15) is 5.21 Å².